The first kappa shape index (κ1) is 22.3. The van der Waals surface area contributed by atoms with E-state index in [2.05, 4.69) is 37.1 Å². The SMILES string of the molecule is Cc1c(C(=O)NCCOc2cc(N3CCN(C)CC3)ncn2)sc2nc(-c3ccccc3)cn12. The van der Waals surface area contributed by atoms with Crippen LogP contribution >= 0.6 is 11.3 Å². The molecule has 0 spiro atoms. The number of fused-ring (bicyclic) bond motifs is 1. The molecule has 9 nitrogen and oxygen atoms in total. The summed E-state index contributed by atoms with van der Waals surface area (Å²) in [6, 6.07) is 11.9. The molecular weight excluding hydrogens is 450 g/mol. The molecular formula is C24H27N7O2S. The number of hydrogen-bond acceptors (Lipinski definition) is 8. The van der Waals surface area contributed by atoms with Crippen molar-refractivity contribution < 1.29 is 9.53 Å². The van der Waals surface area contributed by atoms with Gasteiger partial charge in [-0.15, -0.1) is 0 Å². The average molecular weight is 478 g/mol. The van der Waals surface area contributed by atoms with Gasteiger partial charge in [-0.3, -0.25) is 9.20 Å². The zero-order valence-corrected chi connectivity index (χ0v) is 20.1. The van der Waals surface area contributed by atoms with E-state index in [0.717, 1.165) is 53.9 Å². The van der Waals surface area contributed by atoms with Crippen molar-refractivity contribution in [3.05, 3.63) is 59.5 Å². The van der Waals surface area contributed by atoms with E-state index in [0.29, 0.717) is 23.9 Å². The van der Waals surface area contributed by atoms with Crippen LogP contribution in [0.2, 0.25) is 0 Å². The standard InChI is InChI=1S/C24H27N7O2S/c1-17-22(34-24-28-19(15-31(17)24)18-6-4-3-5-7-18)23(32)25-8-13-33-21-14-20(26-16-27-21)30-11-9-29(2)10-12-30/h3-7,14-16H,8-13H2,1-2H3,(H,25,32). The second-order valence-corrected chi connectivity index (χ2v) is 9.25. The third-order valence-electron chi connectivity index (χ3n) is 5.93. The molecule has 0 saturated carbocycles. The highest BCUT2D eigenvalue weighted by molar-refractivity contribution is 7.19. The zero-order chi connectivity index (χ0) is 23.5. The van der Waals surface area contributed by atoms with Crippen molar-refractivity contribution in [3.8, 4) is 17.1 Å². The number of imidazole rings is 1. The monoisotopic (exact) mass is 477 g/mol. The van der Waals surface area contributed by atoms with Crippen molar-refractivity contribution >= 4 is 28.0 Å². The molecule has 10 heteroatoms. The number of carbonyl (C=O) groups is 1. The van der Waals surface area contributed by atoms with Crippen LogP contribution in [0.3, 0.4) is 0 Å². The van der Waals surface area contributed by atoms with Crippen LogP contribution in [0.4, 0.5) is 5.82 Å². The van der Waals surface area contributed by atoms with Crippen LogP contribution in [0, 0.1) is 6.92 Å². The summed E-state index contributed by atoms with van der Waals surface area (Å²) in [6.07, 6.45) is 3.50. The van der Waals surface area contributed by atoms with E-state index in [1.54, 1.807) is 0 Å². The third-order valence-corrected chi connectivity index (χ3v) is 7.08. The van der Waals surface area contributed by atoms with Crippen molar-refractivity contribution in [3.63, 3.8) is 0 Å². The number of carbonyl (C=O) groups excluding carboxylic acids is 1. The number of aromatic nitrogens is 4. The van der Waals surface area contributed by atoms with Crippen molar-refractivity contribution in [2.75, 3.05) is 51.3 Å². The number of hydrogen-bond donors (Lipinski definition) is 1. The van der Waals surface area contributed by atoms with Crippen LogP contribution in [0.25, 0.3) is 16.2 Å². The summed E-state index contributed by atoms with van der Waals surface area (Å²) in [5.74, 6) is 1.26. The molecule has 0 unspecified atom stereocenters. The van der Waals surface area contributed by atoms with Crippen LogP contribution in [0.15, 0.2) is 48.9 Å². The molecule has 1 fully saturated rings. The molecule has 0 bridgehead atoms. The van der Waals surface area contributed by atoms with Crippen molar-refractivity contribution in [2.45, 2.75) is 6.92 Å². The second kappa shape index (κ2) is 9.78. The molecule has 1 amide bonds. The predicted molar refractivity (Wildman–Crippen MR) is 133 cm³/mol. The van der Waals surface area contributed by atoms with Gasteiger partial charge in [0.15, 0.2) is 4.96 Å². The predicted octanol–water partition coefficient (Wildman–Crippen LogP) is 2.72. The molecule has 1 saturated heterocycles. The Morgan fingerprint density at radius 3 is 2.71 bits per heavy atom. The van der Waals surface area contributed by atoms with Gasteiger partial charge < -0.3 is 19.9 Å². The summed E-state index contributed by atoms with van der Waals surface area (Å²) in [5, 5.41) is 2.94. The highest BCUT2D eigenvalue weighted by Gasteiger charge is 2.18. The number of rotatable bonds is 7. The first-order chi connectivity index (χ1) is 16.6. The normalized spacial score (nSPS) is 14.5. The molecule has 34 heavy (non-hydrogen) atoms. The number of benzene rings is 1. The highest BCUT2D eigenvalue weighted by atomic mass is 32.1. The van der Waals surface area contributed by atoms with E-state index in [4.69, 9.17) is 4.74 Å². The number of ether oxygens (including phenoxy) is 1. The molecule has 0 aliphatic carbocycles. The minimum Gasteiger partial charge on any atom is -0.476 e. The summed E-state index contributed by atoms with van der Waals surface area (Å²) < 4.78 is 7.74. The number of nitrogens with one attached hydrogen (secondary N) is 1. The van der Waals surface area contributed by atoms with E-state index in [9.17, 15) is 4.79 Å². The van der Waals surface area contributed by atoms with Gasteiger partial charge in [0.1, 0.15) is 23.6 Å². The Morgan fingerprint density at radius 1 is 1.15 bits per heavy atom. The Kier molecular flexibility index (Phi) is 6.41. The maximum atomic E-state index is 12.8. The smallest absolute Gasteiger partial charge is 0.263 e. The summed E-state index contributed by atoms with van der Waals surface area (Å²) in [6.45, 7) is 6.51. The van der Waals surface area contributed by atoms with E-state index < -0.39 is 0 Å². The van der Waals surface area contributed by atoms with Gasteiger partial charge >= 0.3 is 0 Å². The van der Waals surface area contributed by atoms with Gasteiger partial charge in [0, 0.05) is 49.7 Å². The van der Waals surface area contributed by atoms with Crippen LogP contribution in [0.1, 0.15) is 15.4 Å². The number of aryl methyl sites for hydroxylation is 1. The van der Waals surface area contributed by atoms with Crippen LogP contribution in [-0.2, 0) is 0 Å². The fraction of sp³-hybridized carbons (Fsp3) is 0.333. The lowest BCUT2D eigenvalue weighted by atomic mass is 10.2. The van der Waals surface area contributed by atoms with Crippen molar-refractivity contribution in [1.29, 1.82) is 0 Å². The Bertz CT molecular complexity index is 1280. The van der Waals surface area contributed by atoms with Crippen LogP contribution in [0.5, 0.6) is 5.88 Å². The van der Waals surface area contributed by atoms with Gasteiger partial charge in [0.25, 0.3) is 5.91 Å². The molecule has 1 aliphatic rings. The average Bonchev–Trinajstić information content (AvgIpc) is 3.42. The summed E-state index contributed by atoms with van der Waals surface area (Å²) in [4.78, 5) is 32.0. The van der Waals surface area contributed by atoms with Gasteiger partial charge in [0.05, 0.1) is 12.2 Å². The Morgan fingerprint density at radius 2 is 1.94 bits per heavy atom. The van der Waals surface area contributed by atoms with Crippen LogP contribution in [-0.4, -0.2) is 76.5 Å². The van der Waals surface area contributed by atoms with Gasteiger partial charge in [-0.05, 0) is 14.0 Å². The molecule has 4 heterocycles. The maximum absolute atomic E-state index is 12.8. The van der Waals surface area contributed by atoms with Gasteiger partial charge in [0.2, 0.25) is 5.88 Å². The van der Waals surface area contributed by atoms with E-state index in [1.165, 1.54) is 17.7 Å². The number of piperazine rings is 1. The minimum absolute atomic E-state index is 0.126. The Labute approximate surface area is 202 Å². The molecule has 0 radical (unpaired) electrons. The van der Waals surface area contributed by atoms with E-state index in [1.807, 2.05) is 53.9 Å². The molecule has 3 aromatic heterocycles. The molecule has 0 atom stereocenters. The van der Waals surface area contributed by atoms with E-state index >= 15 is 0 Å². The van der Waals surface area contributed by atoms with Crippen molar-refractivity contribution in [2.24, 2.45) is 0 Å². The largest absolute Gasteiger partial charge is 0.476 e. The van der Waals surface area contributed by atoms with Crippen LogP contribution < -0.4 is 15.0 Å². The molecule has 1 N–H and O–H groups in total. The molecule has 176 valence electrons. The van der Waals surface area contributed by atoms with Gasteiger partial charge in [-0.25, -0.2) is 15.0 Å². The fourth-order valence-electron chi connectivity index (χ4n) is 3.93. The summed E-state index contributed by atoms with van der Waals surface area (Å²) in [5.41, 5.74) is 2.83. The Hall–Kier alpha value is -3.50. The molecule has 4 aromatic rings. The highest BCUT2D eigenvalue weighted by Crippen LogP contribution is 2.27. The Balaban J connectivity index is 1.16. The summed E-state index contributed by atoms with van der Waals surface area (Å²) >= 11 is 1.39. The quantitative estimate of drug-likeness (QED) is 0.410. The number of nitrogens with zero attached hydrogens (tertiary/aromatic N) is 6. The lowest BCUT2D eigenvalue weighted by Crippen LogP contribution is -2.44. The fourth-order valence-corrected chi connectivity index (χ4v) is 4.95. The lowest BCUT2D eigenvalue weighted by molar-refractivity contribution is 0.0949. The number of likely N-dealkylation sites (N-methyl/N-ethyl adjacent to an activating group) is 1. The second-order valence-electron chi connectivity index (χ2n) is 8.27. The number of thiazole rings is 1. The first-order valence-corrected chi connectivity index (χ1v) is 12.1. The van der Waals surface area contributed by atoms with E-state index in [-0.39, 0.29) is 5.91 Å². The third kappa shape index (κ3) is 4.73. The lowest BCUT2D eigenvalue weighted by Gasteiger charge is -2.33. The zero-order valence-electron chi connectivity index (χ0n) is 19.3. The number of amides is 1. The van der Waals surface area contributed by atoms with Gasteiger partial charge in [-0.2, -0.15) is 0 Å². The molecule has 1 aromatic carbocycles. The minimum atomic E-state index is -0.126. The summed E-state index contributed by atoms with van der Waals surface area (Å²) in [7, 11) is 2.12. The molecule has 1 aliphatic heterocycles. The topological polar surface area (TPSA) is 87.9 Å². The maximum Gasteiger partial charge on any atom is 0.263 e. The van der Waals surface area contributed by atoms with Crippen molar-refractivity contribution in [1.82, 2.24) is 29.6 Å². The first-order valence-electron chi connectivity index (χ1n) is 11.3. The van der Waals surface area contributed by atoms with Gasteiger partial charge in [-0.1, -0.05) is 41.7 Å². The molecule has 5 rings (SSSR count). The number of anilines is 1.